The van der Waals surface area contributed by atoms with Crippen molar-refractivity contribution in [3.63, 3.8) is 0 Å². The molecule has 0 aromatic carbocycles. The maximum atomic E-state index is 7.42. The van der Waals surface area contributed by atoms with E-state index >= 15 is 0 Å². The first kappa shape index (κ1) is 8.27. The zero-order chi connectivity index (χ0) is 8.65. The van der Waals surface area contributed by atoms with Gasteiger partial charge in [0, 0.05) is 23.5 Å². The summed E-state index contributed by atoms with van der Waals surface area (Å²) in [7, 11) is 0. The van der Waals surface area contributed by atoms with Crippen molar-refractivity contribution >= 4 is 5.71 Å². The summed E-state index contributed by atoms with van der Waals surface area (Å²) in [5.41, 5.74) is 8.04. The second-order valence-corrected chi connectivity index (χ2v) is 3.50. The van der Waals surface area contributed by atoms with Crippen LogP contribution in [0.5, 0.6) is 0 Å². The average molecular weight is 153 g/mol. The topological polar surface area (TPSA) is 61.9 Å². The molecule has 0 aromatic rings. The lowest BCUT2D eigenvalue weighted by atomic mass is 10.0. The second kappa shape index (κ2) is 2.34. The minimum atomic E-state index is -0.127. The van der Waals surface area contributed by atoms with Crippen molar-refractivity contribution in [3.05, 3.63) is 11.3 Å². The van der Waals surface area contributed by atoms with Crippen LogP contribution >= 0.6 is 0 Å². The first-order valence-electron chi connectivity index (χ1n) is 3.75. The molecule has 0 fully saturated rings. The molecule has 0 aliphatic carbocycles. The van der Waals surface area contributed by atoms with Gasteiger partial charge in [0.15, 0.2) is 0 Å². The maximum absolute atomic E-state index is 7.42. The Labute approximate surface area is 67.2 Å². The summed E-state index contributed by atoms with van der Waals surface area (Å²) in [6.07, 6.45) is 0. The molecule has 1 aliphatic rings. The van der Waals surface area contributed by atoms with Crippen LogP contribution in [-0.4, -0.2) is 17.8 Å². The van der Waals surface area contributed by atoms with Crippen molar-refractivity contribution in [3.8, 4) is 0 Å². The summed E-state index contributed by atoms with van der Waals surface area (Å²) in [5, 5.41) is 10.7. The van der Waals surface area contributed by atoms with Gasteiger partial charge >= 0.3 is 0 Å². The monoisotopic (exact) mass is 153 g/mol. The highest BCUT2D eigenvalue weighted by Crippen LogP contribution is 2.21. The van der Waals surface area contributed by atoms with Crippen LogP contribution in [-0.2, 0) is 0 Å². The predicted octanol–water partition coefficient (Wildman–Crippen LogP) is 0.621. The number of hydrogen-bond acceptors (Lipinski definition) is 3. The third-order valence-electron chi connectivity index (χ3n) is 2.16. The lowest BCUT2D eigenvalue weighted by molar-refractivity contribution is 0.504. The largest absolute Gasteiger partial charge is 0.400 e. The highest BCUT2D eigenvalue weighted by molar-refractivity contribution is 5.97. The van der Waals surface area contributed by atoms with Gasteiger partial charge in [-0.25, -0.2) is 0 Å². The summed E-state index contributed by atoms with van der Waals surface area (Å²) in [4.78, 5) is 0. The minimum Gasteiger partial charge on any atom is -0.400 e. The average Bonchev–Trinajstić information content (AvgIpc) is 2.09. The molecule has 0 radical (unpaired) electrons. The molecule has 1 aliphatic heterocycles. The molecule has 0 amide bonds. The standard InChI is InChI=1S/C8H15N3/c1-5(9)6-4-11-8(2,3)7(6)10/h9,11H,4,10H2,1-3H3. The van der Waals surface area contributed by atoms with Gasteiger partial charge in [0.1, 0.15) is 0 Å². The molecule has 0 saturated carbocycles. The third kappa shape index (κ3) is 1.28. The molecule has 1 heterocycles. The Balaban J connectivity index is 2.99. The van der Waals surface area contributed by atoms with Crippen LogP contribution in [0.1, 0.15) is 20.8 Å². The molecule has 4 N–H and O–H groups in total. The number of hydrogen-bond donors (Lipinski definition) is 3. The minimum absolute atomic E-state index is 0.127. The maximum Gasteiger partial charge on any atom is 0.0530 e. The Bertz CT molecular complexity index is 225. The molecule has 1 rings (SSSR count). The van der Waals surface area contributed by atoms with Gasteiger partial charge in [-0.1, -0.05) is 0 Å². The summed E-state index contributed by atoms with van der Waals surface area (Å²) in [5.74, 6) is 0. The van der Waals surface area contributed by atoms with E-state index in [9.17, 15) is 0 Å². The Kier molecular flexibility index (Phi) is 1.76. The predicted molar refractivity (Wildman–Crippen MR) is 46.7 cm³/mol. The van der Waals surface area contributed by atoms with Crippen molar-refractivity contribution in [2.75, 3.05) is 6.54 Å². The van der Waals surface area contributed by atoms with Crippen molar-refractivity contribution in [1.82, 2.24) is 5.32 Å². The van der Waals surface area contributed by atoms with E-state index < -0.39 is 0 Å². The van der Waals surface area contributed by atoms with E-state index in [0.29, 0.717) is 5.71 Å². The lowest BCUT2D eigenvalue weighted by Gasteiger charge is -2.19. The van der Waals surface area contributed by atoms with Gasteiger partial charge in [-0.05, 0) is 20.8 Å². The second-order valence-electron chi connectivity index (χ2n) is 3.50. The van der Waals surface area contributed by atoms with Crippen LogP contribution in [0.15, 0.2) is 11.3 Å². The lowest BCUT2D eigenvalue weighted by Crippen LogP contribution is -2.38. The van der Waals surface area contributed by atoms with E-state index in [-0.39, 0.29) is 5.54 Å². The highest BCUT2D eigenvalue weighted by Gasteiger charge is 2.30. The number of rotatable bonds is 1. The van der Waals surface area contributed by atoms with E-state index in [2.05, 4.69) is 5.32 Å². The third-order valence-corrected chi connectivity index (χ3v) is 2.16. The van der Waals surface area contributed by atoms with Gasteiger partial charge in [-0.15, -0.1) is 0 Å². The molecule has 3 nitrogen and oxygen atoms in total. The first-order chi connectivity index (χ1) is 4.95. The fourth-order valence-electron chi connectivity index (χ4n) is 1.21. The van der Waals surface area contributed by atoms with Crippen LogP contribution in [0.2, 0.25) is 0 Å². The summed E-state index contributed by atoms with van der Waals surface area (Å²) in [6, 6.07) is 0. The van der Waals surface area contributed by atoms with Crippen LogP contribution in [0.4, 0.5) is 0 Å². The fraction of sp³-hybridized carbons (Fsp3) is 0.625. The molecular weight excluding hydrogens is 138 g/mol. The van der Waals surface area contributed by atoms with E-state index in [0.717, 1.165) is 17.8 Å². The molecular formula is C8H15N3. The van der Waals surface area contributed by atoms with E-state index in [1.54, 1.807) is 6.92 Å². The molecule has 3 heteroatoms. The van der Waals surface area contributed by atoms with Gasteiger partial charge in [0.05, 0.1) is 5.54 Å². The van der Waals surface area contributed by atoms with Crippen LogP contribution < -0.4 is 11.1 Å². The Morgan fingerprint density at radius 2 is 2.18 bits per heavy atom. The summed E-state index contributed by atoms with van der Waals surface area (Å²) >= 11 is 0. The van der Waals surface area contributed by atoms with Gasteiger partial charge in [-0.2, -0.15) is 0 Å². The molecule has 62 valence electrons. The van der Waals surface area contributed by atoms with E-state index in [1.165, 1.54) is 0 Å². The summed E-state index contributed by atoms with van der Waals surface area (Å²) in [6.45, 7) is 6.55. The SMILES string of the molecule is CC(=N)C1=C(N)C(C)(C)NC1. The molecule has 0 aromatic heterocycles. The molecule has 0 bridgehead atoms. The zero-order valence-corrected chi connectivity index (χ0v) is 7.28. The van der Waals surface area contributed by atoms with Gasteiger partial charge in [-0.3, -0.25) is 0 Å². The summed E-state index contributed by atoms with van der Waals surface area (Å²) < 4.78 is 0. The fourth-order valence-corrected chi connectivity index (χ4v) is 1.21. The van der Waals surface area contributed by atoms with Crippen LogP contribution in [0.25, 0.3) is 0 Å². The molecule has 0 atom stereocenters. The Morgan fingerprint density at radius 1 is 1.64 bits per heavy atom. The molecule has 11 heavy (non-hydrogen) atoms. The van der Waals surface area contributed by atoms with Crippen molar-refractivity contribution in [2.45, 2.75) is 26.3 Å². The normalized spacial score (nSPS) is 22.5. The van der Waals surface area contributed by atoms with E-state index in [4.69, 9.17) is 11.1 Å². The quantitative estimate of drug-likeness (QED) is 0.484. The number of nitrogens with two attached hydrogens (primary N) is 1. The van der Waals surface area contributed by atoms with Crippen molar-refractivity contribution in [1.29, 1.82) is 5.41 Å². The highest BCUT2D eigenvalue weighted by atomic mass is 15.0. The molecule has 0 saturated heterocycles. The first-order valence-corrected chi connectivity index (χ1v) is 3.75. The molecule has 0 unspecified atom stereocenters. The molecule has 0 spiro atoms. The van der Waals surface area contributed by atoms with Crippen LogP contribution in [0, 0.1) is 5.41 Å². The van der Waals surface area contributed by atoms with Crippen LogP contribution in [0.3, 0.4) is 0 Å². The van der Waals surface area contributed by atoms with Gasteiger partial charge in [0.25, 0.3) is 0 Å². The zero-order valence-electron chi connectivity index (χ0n) is 7.28. The Morgan fingerprint density at radius 3 is 2.36 bits per heavy atom. The Hall–Kier alpha value is -0.830. The van der Waals surface area contributed by atoms with Gasteiger partial charge in [0.2, 0.25) is 0 Å². The van der Waals surface area contributed by atoms with Gasteiger partial charge < -0.3 is 16.5 Å². The van der Waals surface area contributed by atoms with Crippen molar-refractivity contribution in [2.24, 2.45) is 5.73 Å². The smallest absolute Gasteiger partial charge is 0.0530 e. The van der Waals surface area contributed by atoms with E-state index in [1.807, 2.05) is 13.8 Å². The van der Waals surface area contributed by atoms with Crippen molar-refractivity contribution < 1.29 is 0 Å². The number of nitrogens with one attached hydrogen (secondary N) is 2.